The Bertz CT molecular complexity index is 1140. The fourth-order valence-corrected chi connectivity index (χ4v) is 2.84. The molecule has 0 amide bonds. The molecule has 0 saturated heterocycles. The molecule has 140 valence electrons. The number of aromatic carboxylic acids is 1. The van der Waals surface area contributed by atoms with Crippen molar-refractivity contribution in [1.29, 1.82) is 0 Å². The first-order valence-electron chi connectivity index (χ1n) is 8.43. The summed E-state index contributed by atoms with van der Waals surface area (Å²) >= 11 is 0. The van der Waals surface area contributed by atoms with Gasteiger partial charge in [-0.15, -0.1) is 0 Å². The monoisotopic (exact) mass is 376 g/mol. The van der Waals surface area contributed by atoms with Crippen LogP contribution in [0.15, 0.2) is 54.9 Å². The van der Waals surface area contributed by atoms with Gasteiger partial charge in [0, 0.05) is 6.54 Å². The van der Waals surface area contributed by atoms with Gasteiger partial charge in [-0.25, -0.2) is 19.3 Å². The molecule has 0 atom stereocenters. The van der Waals surface area contributed by atoms with Crippen LogP contribution in [0.1, 0.15) is 15.9 Å². The Labute approximate surface area is 159 Å². The van der Waals surface area contributed by atoms with Crippen molar-refractivity contribution in [3.05, 3.63) is 66.0 Å². The fourth-order valence-electron chi connectivity index (χ4n) is 2.84. The van der Waals surface area contributed by atoms with Crippen molar-refractivity contribution >= 4 is 23.0 Å². The van der Waals surface area contributed by atoms with E-state index < -0.39 is 5.97 Å². The summed E-state index contributed by atoms with van der Waals surface area (Å²) in [6.07, 6.45) is 1.38. The van der Waals surface area contributed by atoms with Gasteiger partial charge in [-0.05, 0) is 17.7 Å². The number of carboxylic acids is 1. The quantitative estimate of drug-likeness (QED) is 0.527. The van der Waals surface area contributed by atoms with Gasteiger partial charge in [-0.1, -0.05) is 36.4 Å². The van der Waals surface area contributed by atoms with E-state index in [2.05, 4.69) is 25.3 Å². The molecule has 4 rings (SSSR count). The highest BCUT2D eigenvalue weighted by Crippen LogP contribution is 2.27. The second kappa shape index (κ2) is 7.31. The van der Waals surface area contributed by atoms with Crippen molar-refractivity contribution in [1.82, 2.24) is 24.5 Å². The maximum atomic E-state index is 11.5. The number of para-hydroxylation sites is 1. The molecule has 0 fully saturated rings. The van der Waals surface area contributed by atoms with Gasteiger partial charge in [0.1, 0.15) is 11.8 Å². The molecule has 9 nitrogen and oxygen atoms in total. The van der Waals surface area contributed by atoms with Gasteiger partial charge in [-0.2, -0.15) is 9.97 Å². The molecule has 0 aliphatic carbocycles. The summed E-state index contributed by atoms with van der Waals surface area (Å²) in [5.41, 5.74) is 1.98. The third-order valence-electron chi connectivity index (χ3n) is 4.12. The summed E-state index contributed by atoms with van der Waals surface area (Å²) in [4.78, 5) is 28.6. The van der Waals surface area contributed by atoms with Crippen molar-refractivity contribution in [2.75, 3.05) is 12.4 Å². The number of aromatic nitrogens is 5. The van der Waals surface area contributed by atoms with Crippen LogP contribution in [0.4, 0.5) is 5.95 Å². The second-order valence-electron chi connectivity index (χ2n) is 5.86. The van der Waals surface area contributed by atoms with Crippen LogP contribution in [-0.2, 0) is 6.54 Å². The minimum Gasteiger partial charge on any atom is -0.478 e. The first kappa shape index (κ1) is 17.4. The molecule has 0 saturated carbocycles. The number of imidazole rings is 1. The number of anilines is 1. The van der Waals surface area contributed by atoms with Crippen molar-refractivity contribution < 1.29 is 14.6 Å². The smallest absolute Gasteiger partial charge is 0.337 e. The van der Waals surface area contributed by atoms with Gasteiger partial charge in [0.25, 0.3) is 0 Å². The van der Waals surface area contributed by atoms with E-state index in [1.54, 1.807) is 16.7 Å². The third-order valence-corrected chi connectivity index (χ3v) is 4.12. The van der Waals surface area contributed by atoms with Crippen molar-refractivity contribution in [3.63, 3.8) is 0 Å². The number of carboxylic acid groups (broad SMARTS) is 1. The van der Waals surface area contributed by atoms with E-state index in [0.717, 1.165) is 5.56 Å². The van der Waals surface area contributed by atoms with Gasteiger partial charge in [0.2, 0.25) is 11.9 Å². The zero-order chi connectivity index (χ0) is 19.5. The molecule has 2 aromatic carbocycles. The Hall–Kier alpha value is -4.01. The fraction of sp³-hybridized carbons (Fsp3) is 0.105. The van der Waals surface area contributed by atoms with Crippen molar-refractivity contribution in [3.8, 4) is 12.0 Å². The Balaban J connectivity index is 1.74. The minimum absolute atomic E-state index is 0.0750. The van der Waals surface area contributed by atoms with Crippen LogP contribution in [0.2, 0.25) is 0 Å². The summed E-state index contributed by atoms with van der Waals surface area (Å²) in [6, 6.07) is 14.9. The Morgan fingerprint density at radius 2 is 1.93 bits per heavy atom. The average molecular weight is 376 g/mol. The van der Waals surface area contributed by atoms with Crippen molar-refractivity contribution in [2.24, 2.45) is 0 Å². The highest BCUT2D eigenvalue weighted by atomic mass is 16.5. The standard InChI is InChI=1S/C19H16N6O3/c1-28-19-23-15-13(16(26)27)8-5-9-14(15)25(19)18-22-11-21-17(24-18)20-10-12-6-3-2-4-7-12/h2-9,11H,10H2,1H3,(H,26,27)(H,20,21,22,24). The number of methoxy groups -OCH3 is 1. The molecule has 2 aromatic heterocycles. The largest absolute Gasteiger partial charge is 0.478 e. The predicted octanol–water partition coefficient (Wildman–Crippen LogP) is 2.53. The molecule has 0 bridgehead atoms. The summed E-state index contributed by atoms with van der Waals surface area (Å²) in [5, 5.41) is 12.6. The number of benzene rings is 2. The lowest BCUT2D eigenvalue weighted by Crippen LogP contribution is -2.09. The summed E-state index contributed by atoms with van der Waals surface area (Å²) in [7, 11) is 1.45. The molecule has 0 aliphatic rings. The SMILES string of the molecule is COc1nc2c(C(=O)O)cccc2n1-c1ncnc(NCc2ccccc2)n1. The van der Waals surface area contributed by atoms with Crippen LogP contribution in [0, 0.1) is 0 Å². The number of hydrogen-bond acceptors (Lipinski definition) is 7. The molecule has 0 radical (unpaired) electrons. The lowest BCUT2D eigenvalue weighted by atomic mass is 10.2. The highest BCUT2D eigenvalue weighted by Gasteiger charge is 2.20. The Kier molecular flexibility index (Phi) is 4.55. The number of fused-ring (bicyclic) bond motifs is 1. The van der Waals surface area contributed by atoms with Gasteiger partial charge in [0.15, 0.2) is 0 Å². The van der Waals surface area contributed by atoms with E-state index in [9.17, 15) is 9.90 Å². The number of carbonyl (C=O) groups is 1. The van der Waals surface area contributed by atoms with E-state index in [0.29, 0.717) is 23.5 Å². The zero-order valence-electron chi connectivity index (χ0n) is 14.9. The molecule has 2 heterocycles. The van der Waals surface area contributed by atoms with Gasteiger partial charge in [-0.3, -0.25) is 0 Å². The zero-order valence-corrected chi connectivity index (χ0v) is 14.9. The topological polar surface area (TPSA) is 115 Å². The van der Waals surface area contributed by atoms with E-state index in [-0.39, 0.29) is 17.5 Å². The minimum atomic E-state index is -1.07. The van der Waals surface area contributed by atoms with E-state index in [1.165, 1.54) is 19.5 Å². The normalized spacial score (nSPS) is 10.8. The van der Waals surface area contributed by atoms with Crippen molar-refractivity contribution in [2.45, 2.75) is 6.54 Å². The Morgan fingerprint density at radius 3 is 2.68 bits per heavy atom. The van der Waals surface area contributed by atoms with E-state index in [4.69, 9.17) is 4.74 Å². The molecular formula is C19H16N6O3. The van der Waals surface area contributed by atoms with E-state index in [1.807, 2.05) is 30.3 Å². The van der Waals surface area contributed by atoms with E-state index >= 15 is 0 Å². The van der Waals surface area contributed by atoms with Crippen LogP contribution in [0.25, 0.3) is 17.0 Å². The van der Waals surface area contributed by atoms with Gasteiger partial charge >= 0.3 is 12.0 Å². The number of nitrogens with zero attached hydrogens (tertiary/aromatic N) is 5. The first-order chi connectivity index (χ1) is 13.7. The molecule has 0 aliphatic heterocycles. The molecular weight excluding hydrogens is 360 g/mol. The molecule has 0 spiro atoms. The molecule has 4 aromatic rings. The second-order valence-corrected chi connectivity index (χ2v) is 5.86. The van der Waals surface area contributed by atoms with Gasteiger partial charge in [0.05, 0.1) is 18.2 Å². The number of hydrogen-bond donors (Lipinski definition) is 2. The first-order valence-corrected chi connectivity index (χ1v) is 8.43. The summed E-state index contributed by atoms with van der Waals surface area (Å²) < 4.78 is 6.88. The highest BCUT2D eigenvalue weighted by molar-refractivity contribution is 6.01. The van der Waals surface area contributed by atoms with Crippen LogP contribution in [-0.4, -0.2) is 42.7 Å². The number of nitrogens with one attached hydrogen (secondary N) is 1. The molecule has 0 unspecified atom stereocenters. The van der Waals surface area contributed by atoms with Crippen LogP contribution in [0.5, 0.6) is 6.01 Å². The molecule has 28 heavy (non-hydrogen) atoms. The average Bonchev–Trinajstić information content (AvgIpc) is 3.12. The third kappa shape index (κ3) is 3.20. The van der Waals surface area contributed by atoms with Crippen LogP contribution < -0.4 is 10.1 Å². The van der Waals surface area contributed by atoms with Crippen LogP contribution in [0.3, 0.4) is 0 Å². The maximum absolute atomic E-state index is 11.5. The summed E-state index contributed by atoms with van der Waals surface area (Å²) in [5.74, 6) is -0.418. The van der Waals surface area contributed by atoms with Gasteiger partial charge < -0.3 is 15.2 Å². The molecule has 9 heteroatoms. The summed E-state index contributed by atoms with van der Waals surface area (Å²) in [6.45, 7) is 0.551. The predicted molar refractivity (Wildman–Crippen MR) is 102 cm³/mol. The van der Waals surface area contributed by atoms with Crippen LogP contribution >= 0.6 is 0 Å². The molecule has 2 N–H and O–H groups in total. The lowest BCUT2D eigenvalue weighted by molar-refractivity contribution is 0.0699. The maximum Gasteiger partial charge on any atom is 0.337 e. The lowest BCUT2D eigenvalue weighted by Gasteiger charge is -2.08. The Morgan fingerprint density at radius 1 is 1.11 bits per heavy atom. The number of rotatable bonds is 6. The number of ether oxygens (including phenoxy) is 1.